The predicted octanol–water partition coefficient (Wildman–Crippen LogP) is 6.02. The standard InChI is InChI=1S/C23H24FN/c1-2-3-4-18-7-12-21(13-8-18)22-14-9-19(10-15-22)5-6-20-11-16-23(24)25-17-20/h7-17H,2-6H2,1H3. The molecule has 0 spiro atoms. The molecule has 0 amide bonds. The van der Waals surface area contributed by atoms with Crippen molar-refractivity contribution in [2.45, 2.75) is 39.0 Å². The average Bonchev–Trinajstić information content (AvgIpc) is 2.67. The minimum atomic E-state index is -0.422. The monoisotopic (exact) mass is 333 g/mol. The second kappa shape index (κ2) is 8.57. The first-order valence-corrected chi connectivity index (χ1v) is 9.03. The highest BCUT2D eigenvalue weighted by Crippen LogP contribution is 2.21. The summed E-state index contributed by atoms with van der Waals surface area (Å²) >= 11 is 0. The van der Waals surface area contributed by atoms with Crippen molar-refractivity contribution >= 4 is 0 Å². The Balaban J connectivity index is 1.60. The number of aromatic nitrogens is 1. The minimum Gasteiger partial charge on any atom is -0.228 e. The third-order valence-electron chi connectivity index (χ3n) is 4.55. The number of hydrogen-bond donors (Lipinski definition) is 0. The zero-order valence-electron chi connectivity index (χ0n) is 14.7. The first-order valence-electron chi connectivity index (χ1n) is 9.03. The summed E-state index contributed by atoms with van der Waals surface area (Å²) < 4.78 is 12.8. The molecule has 2 aromatic carbocycles. The lowest BCUT2D eigenvalue weighted by atomic mass is 9.99. The lowest BCUT2D eigenvalue weighted by Crippen LogP contribution is -1.93. The summed E-state index contributed by atoms with van der Waals surface area (Å²) in [5.41, 5.74) is 6.26. The van der Waals surface area contributed by atoms with E-state index in [0.29, 0.717) is 0 Å². The fourth-order valence-electron chi connectivity index (χ4n) is 2.95. The third-order valence-corrected chi connectivity index (χ3v) is 4.55. The predicted molar refractivity (Wildman–Crippen MR) is 102 cm³/mol. The van der Waals surface area contributed by atoms with E-state index in [4.69, 9.17) is 0 Å². The molecule has 1 heterocycles. The minimum absolute atomic E-state index is 0.422. The third kappa shape index (κ3) is 4.99. The molecule has 1 aromatic heterocycles. The number of aryl methyl sites for hydroxylation is 3. The molecule has 3 aromatic rings. The second-order valence-corrected chi connectivity index (χ2v) is 6.49. The van der Waals surface area contributed by atoms with E-state index in [0.717, 1.165) is 24.8 Å². The number of pyridine rings is 1. The van der Waals surface area contributed by atoms with Crippen LogP contribution in [0.25, 0.3) is 11.1 Å². The molecule has 0 saturated heterocycles. The van der Waals surface area contributed by atoms with Crippen LogP contribution in [0.2, 0.25) is 0 Å². The summed E-state index contributed by atoms with van der Waals surface area (Å²) in [6.07, 6.45) is 7.06. The molecule has 128 valence electrons. The van der Waals surface area contributed by atoms with E-state index in [-0.39, 0.29) is 0 Å². The van der Waals surface area contributed by atoms with Gasteiger partial charge < -0.3 is 0 Å². The van der Waals surface area contributed by atoms with Gasteiger partial charge in [0.05, 0.1) is 0 Å². The van der Waals surface area contributed by atoms with Gasteiger partial charge in [0.25, 0.3) is 0 Å². The lowest BCUT2D eigenvalue weighted by Gasteiger charge is -2.06. The first kappa shape index (κ1) is 17.3. The molecule has 0 N–H and O–H groups in total. The molecule has 3 rings (SSSR count). The summed E-state index contributed by atoms with van der Waals surface area (Å²) in [7, 11) is 0. The van der Waals surface area contributed by atoms with Crippen LogP contribution in [0.1, 0.15) is 36.5 Å². The Kier molecular flexibility index (Phi) is 5.95. The zero-order valence-corrected chi connectivity index (χ0v) is 14.7. The molecule has 1 nitrogen and oxygen atoms in total. The summed E-state index contributed by atoms with van der Waals surface area (Å²) in [6, 6.07) is 20.8. The van der Waals surface area contributed by atoms with Crippen LogP contribution in [-0.2, 0) is 19.3 Å². The van der Waals surface area contributed by atoms with Gasteiger partial charge in [-0.2, -0.15) is 4.39 Å². The average molecular weight is 333 g/mol. The first-order chi connectivity index (χ1) is 12.2. The van der Waals surface area contributed by atoms with Crippen LogP contribution in [0, 0.1) is 5.95 Å². The Labute approximate surface area is 149 Å². The van der Waals surface area contributed by atoms with E-state index >= 15 is 0 Å². The van der Waals surface area contributed by atoms with E-state index in [1.807, 2.05) is 0 Å². The molecule has 0 bridgehead atoms. The van der Waals surface area contributed by atoms with E-state index in [9.17, 15) is 4.39 Å². The number of nitrogens with zero attached hydrogens (tertiary/aromatic N) is 1. The smallest absolute Gasteiger partial charge is 0.212 e. The van der Waals surface area contributed by atoms with Crippen molar-refractivity contribution in [1.82, 2.24) is 4.98 Å². The summed E-state index contributed by atoms with van der Waals surface area (Å²) in [5.74, 6) is -0.422. The van der Waals surface area contributed by atoms with Crippen molar-refractivity contribution in [2.75, 3.05) is 0 Å². The Hall–Kier alpha value is -2.48. The van der Waals surface area contributed by atoms with Gasteiger partial charge in [0, 0.05) is 6.20 Å². The van der Waals surface area contributed by atoms with Crippen LogP contribution in [-0.4, -0.2) is 4.98 Å². The zero-order chi connectivity index (χ0) is 17.5. The Morgan fingerprint density at radius 3 is 1.72 bits per heavy atom. The number of unbranched alkanes of at least 4 members (excludes halogenated alkanes) is 1. The molecule has 0 saturated carbocycles. The van der Waals surface area contributed by atoms with Gasteiger partial charge in [-0.05, 0) is 59.6 Å². The van der Waals surface area contributed by atoms with E-state index in [1.165, 1.54) is 41.2 Å². The molecule has 0 aliphatic carbocycles. The van der Waals surface area contributed by atoms with Crippen LogP contribution in [0.3, 0.4) is 0 Å². The van der Waals surface area contributed by atoms with Crippen molar-refractivity contribution in [3.63, 3.8) is 0 Å². The van der Waals surface area contributed by atoms with Crippen LogP contribution in [0.15, 0.2) is 66.9 Å². The van der Waals surface area contributed by atoms with Gasteiger partial charge in [-0.15, -0.1) is 0 Å². The molecule has 0 aliphatic heterocycles. The largest absolute Gasteiger partial charge is 0.228 e. The lowest BCUT2D eigenvalue weighted by molar-refractivity contribution is 0.582. The Bertz CT molecular complexity index is 774. The van der Waals surface area contributed by atoms with Gasteiger partial charge >= 0.3 is 0 Å². The highest BCUT2D eigenvalue weighted by atomic mass is 19.1. The normalized spacial score (nSPS) is 10.8. The summed E-state index contributed by atoms with van der Waals surface area (Å²) in [5, 5.41) is 0. The van der Waals surface area contributed by atoms with Crippen LogP contribution < -0.4 is 0 Å². The van der Waals surface area contributed by atoms with E-state index in [2.05, 4.69) is 60.4 Å². The summed E-state index contributed by atoms with van der Waals surface area (Å²) in [6.45, 7) is 2.22. The van der Waals surface area contributed by atoms with Crippen LogP contribution >= 0.6 is 0 Å². The van der Waals surface area contributed by atoms with Gasteiger partial charge in [-0.25, -0.2) is 4.98 Å². The van der Waals surface area contributed by atoms with Crippen LogP contribution in [0.4, 0.5) is 4.39 Å². The quantitative estimate of drug-likeness (QED) is 0.482. The maximum atomic E-state index is 12.8. The SMILES string of the molecule is CCCCc1ccc(-c2ccc(CCc3ccc(F)nc3)cc2)cc1. The van der Waals surface area contributed by atoms with Crippen LogP contribution in [0.5, 0.6) is 0 Å². The molecule has 25 heavy (non-hydrogen) atoms. The fraction of sp³-hybridized carbons (Fsp3) is 0.261. The highest BCUT2D eigenvalue weighted by Gasteiger charge is 2.01. The Morgan fingerprint density at radius 1 is 0.680 bits per heavy atom. The molecule has 0 unspecified atom stereocenters. The van der Waals surface area contributed by atoms with Crippen molar-refractivity contribution in [3.05, 3.63) is 89.5 Å². The maximum Gasteiger partial charge on any atom is 0.212 e. The van der Waals surface area contributed by atoms with Gasteiger partial charge in [0.2, 0.25) is 5.95 Å². The molecular formula is C23H24FN. The Morgan fingerprint density at radius 2 is 1.20 bits per heavy atom. The van der Waals surface area contributed by atoms with Gasteiger partial charge in [0.1, 0.15) is 0 Å². The highest BCUT2D eigenvalue weighted by molar-refractivity contribution is 5.64. The van der Waals surface area contributed by atoms with Gasteiger partial charge in [-0.3, -0.25) is 0 Å². The number of halogens is 1. The van der Waals surface area contributed by atoms with Gasteiger partial charge in [0.15, 0.2) is 0 Å². The molecule has 0 fully saturated rings. The molecule has 2 heteroatoms. The van der Waals surface area contributed by atoms with Crippen molar-refractivity contribution in [2.24, 2.45) is 0 Å². The number of rotatable bonds is 7. The van der Waals surface area contributed by atoms with Crippen molar-refractivity contribution < 1.29 is 4.39 Å². The second-order valence-electron chi connectivity index (χ2n) is 6.49. The van der Waals surface area contributed by atoms with Crippen molar-refractivity contribution in [3.8, 4) is 11.1 Å². The summed E-state index contributed by atoms with van der Waals surface area (Å²) in [4.78, 5) is 3.70. The van der Waals surface area contributed by atoms with Crippen molar-refractivity contribution in [1.29, 1.82) is 0 Å². The fourth-order valence-corrected chi connectivity index (χ4v) is 2.95. The van der Waals surface area contributed by atoms with E-state index in [1.54, 1.807) is 12.3 Å². The molecule has 0 radical (unpaired) electrons. The maximum absolute atomic E-state index is 12.8. The topological polar surface area (TPSA) is 12.9 Å². The number of hydrogen-bond acceptors (Lipinski definition) is 1. The molecular weight excluding hydrogens is 309 g/mol. The number of benzene rings is 2. The molecule has 0 atom stereocenters. The van der Waals surface area contributed by atoms with E-state index < -0.39 is 5.95 Å². The van der Waals surface area contributed by atoms with Gasteiger partial charge in [-0.1, -0.05) is 67.9 Å². The molecule has 0 aliphatic rings.